The number of hydrogen-bond donors (Lipinski definition) is 3. The van der Waals surface area contributed by atoms with Gasteiger partial charge in [-0.1, -0.05) is 12.1 Å². The minimum Gasteiger partial charge on any atom is -0.379 e. The van der Waals surface area contributed by atoms with E-state index in [1.54, 1.807) is 19.2 Å². The highest BCUT2D eigenvalue weighted by molar-refractivity contribution is 5.92. The number of carbonyl (C=O) groups excluding carboxylic acids is 1. The molecule has 1 atom stereocenters. The summed E-state index contributed by atoms with van der Waals surface area (Å²) >= 11 is 0. The van der Waals surface area contributed by atoms with Crippen LogP contribution >= 0.6 is 0 Å². The lowest BCUT2D eigenvalue weighted by Gasteiger charge is -2.13. The summed E-state index contributed by atoms with van der Waals surface area (Å²) in [4.78, 5) is 15.2. The lowest BCUT2D eigenvalue weighted by atomic mass is 10.1. The maximum atomic E-state index is 11.1. The van der Waals surface area contributed by atoms with Gasteiger partial charge in [0.1, 0.15) is 0 Å². The molecule has 1 fully saturated rings. The molecule has 1 unspecified atom stereocenters. The Morgan fingerprint density at radius 2 is 2.16 bits per heavy atom. The lowest BCUT2D eigenvalue weighted by Crippen LogP contribution is -2.37. The van der Waals surface area contributed by atoms with Gasteiger partial charge in [-0.25, -0.2) is 0 Å². The molecule has 7 nitrogen and oxygen atoms in total. The van der Waals surface area contributed by atoms with Gasteiger partial charge < -0.3 is 25.8 Å². The largest absolute Gasteiger partial charge is 0.379 e. The standard InChI is InChI=1S/C18H28N4O3/c1-20-18(21-9-3-10-24-13-16-4-2-11-25-16)22-12-14-5-7-15(8-6-14)17(19)23/h5-8,16H,2-4,9-13H2,1H3,(H2,19,23)(H2,20,21,22). The molecule has 0 aromatic heterocycles. The third-order valence-electron chi connectivity index (χ3n) is 4.01. The smallest absolute Gasteiger partial charge is 0.248 e. The number of aliphatic imine (C=N–C) groups is 1. The predicted molar refractivity (Wildman–Crippen MR) is 97.6 cm³/mol. The van der Waals surface area contributed by atoms with Crippen LogP contribution in [0.15, 0.2) is 29.3 Å². The fourth-order valence-corrected chi connectivity index (χ4v) is 2.56. The summed E-state index contributed by atoms with van der Waals surface area (Å²) < 4.78 is 11.1. The molecule has 0 spiro atoms. The Morgan fingerprint density at radius 1 is 1.36 bits per heavy atom. The van der Waals surface area contributed by atoms with Crippen LogP contribution in [0.1, 0.15) is 35.2 Å². The normalized spacial score (nSPS) is 17.5. The Balaban J connectivity index is 1.57. The molecule has 1 aliphatic rings. The van der Waals surface area contributed by atoms with Gasteiger partial charge in [0.05, 0.1) is 12.7 Å². The first-order valence-corrected chi connectivity index (χ1v) is 8.71. The lowest BCUT2D eigenvalue weighted by molar-refractivity contribution is 0.0168. The number of nitrogens with one attached hydrogen (secondary N) is 2. The second-order valence-electron chi connectivity index (χ2n) is 5.98. The molecule has 1 aliphatic heterocycles. The second-order valence-corrected chi connectivity index (χ2v) is 5.98. The molecular weight excluding hydrogens is 320 g/mol. The Hall–Kier alpha value is -2.12. The molecule has 1 heterocycles. The molecule has 1 aromatic carbocycles. The number of nitrogens with two attached hydrogens (primary N) is 1. The molecule has 1 saturated heterocycles. The molecule has 1 amide bonds. The predicted octanol–water partition coefficient (Wildman–Crippen LogP) is 1.04. The van der Waals surface area contributed by atoms with E-state index in [0.29, 0.717) is 25.3 Å². The monoisotopic (exact) mass is 348 g/mol. The number of ether oxygens (including phenoxy) is 2. The van der Waals surface area contributed by atoms with Crippen LogP contribution in [0.5, 0.6) is 0 Å². The fourth-order valence-electron chi connectivity index (χ4n) is 2.56. The zero-order valence-corrected chi connectivity index (χ0v) is 14.8. The van der Waals surface area contributed by atoms with E-state index in [2.05, 4.69) is 15.6 Å². The van der Waals surface area contributed by atoms with E-state index >= 15 is 0 Å². The van der Waals surface area contributed by atoms with Crippen LogP contribution in [-0.4, -0.2) is 51.4 Å². The van der Waals surface area contributed by atoms with Crippen molar-refractivity contribution in [3.05, 3.63) is 35.4 Å². The second kappa shape index (κ2) is 10.7. The molecule has 0 radical (unpaired) electrons. The Kier molecular flexibility index (Phi) is 8.21. The highest BCUT2D eigenvalue weighted by atomic mass is 16.5. The summed E-state index contributed by atoms with van der Waals surface area (Å²) in [6.07, 6.45) is 3.43. The highest BCUT2D eigenvalue weighted by Crippen LogP contribution is 2.11. The summed E-state index contributed by atoms with van der Waals surface area (Å²) in [7, 11) is 1.74. The Labute approximate surface area is 149 Å². The first-order valence-electron chi connectivity index (χ1n) is 8.71. The molecular formula is C18H28N4O3. The number of primary amides is 1. The molecule has 0 saturated carbocycles. The first kappa shape index (κ1) is 19.2. The van der Waals surface area contributed by atoms with Crippen molar-refractivity contribution >= 4 is 11.9 Å². The van der Waals surface area contributed by atoms with Gasteiger partial charge in [0, 0.05) is 38.9 Å². The van der Waals surface area contributed by atoms with Crippen molar-refractivity contribution in [2.75, 3.05) is 33.4 Å². The molecule has 25 heavy (non-hydrogen) atoms. The summed E-state index contributed by atoms with van der Waals surface area (Å²) in [5, 5.41) is 6.48. The SMILES string of the molecule is CN=C(NCCCOCC1CCCO1)NCc1ccc(C(N)=O)cc1. The van der Waals surface area contributed by atoms with E-state index in [1.807, 2.05) is 12.1 Å². The van der Waals surface area contributed by atoms with Crippen molar-refractivity contribution in [1.29, 1.82) is 0 Å². The van der Waals surface area contributed by atoms with Crippen molar-refractivity contribution in [1.82, 2.24) is 10.6 Å². The summed E-state index contributed by atoms with van der Waals surface area (Å²) in [6, 6.07) is 7.19. The van der Waals surface area contributed by atoms with Crippen LogP contribution in [0, 0.1) is 0 Å². The summed E-state index contributed by atoms with van der Waals surface area (Å²) in [5.74, 6) is 0.316. The van der Waals surface area contributed by atoms with E-state index < -0.39 is 5.91 Å². The van der Waals surface area contributed by atoms with Gasteiger partial charge in [-0.2, -0.15) is 0 Å². The van der Waals surface area contributed by atoms with Crippen molar-refractivity contribution in [2.24, 2.45) is 10.7 Å². The zero-order valence-electron chi connectivity index (χ0n) is 14.8. The number of carbonyl (C=O) groups is 1. The van der Waals surface area contributed by atoms with Gasteiger partial charge in [-0.05, 0) is 37.0 Å². The molecule has 4 N–H and O–H groups in total. The molecule has 0 bridgehead atoms. The van der Waals surface area contributed by atoms with Gasteiger partial charge in [0.15, 0.2) is 5.96 Å². The summed E-state index contributed by atoms with van der Waals surface area (Å²) in [5.41, 5.74) is 6.79. The van der Waals surface area contributed by atoms with Crippen LogP contribution in [0.4, 0.5) is 0 Å². The number of rotatable bonds is 9. The van der Waals surface area contributed by atoms with Gasteiger partial charge in [-0.15, -0.1) is 0 Å². The third kappa shape index (κ3) is 7.11. The van der Waals surface area contributed by atoms with E-state index in [9.17, 15) is 4.79 Å². The number of benzene rings is 1. The van der Waals surface area contributed by atoms with Crippen LogP contribution in [0.2, 0.25) is 0 Å². The van der Waals surface area contributed by atoms with E-state index in [4.69, 9.17) is 15.2 Å². The number of hydrogen-bond acceptors (Lipinski definition) is 4. The van der Waals surface area contributed by atoms with Crippen LogP contribution in [-0.2, 0) is 16.0 Å². The minimum atomic E-state index is -0.418. The average Bonchev–Trinajstić information content (AvgIpc) is 3.14. The topological polar surface area (TPSA) is 98.0 Å². The maximum absolute atomic E-state index is 11.1. The number of nitrogens with zero attached hydrogens (tertiary/aromatic N) is 1. The minimum absolute atomic E-state index is 0.281. The highest BCUT2D eigenvalue weighted by Gasteiger charge is 2.14. The van der Waals surface area contributed by atoms with Crippen molar-refractivity contribution in [3.8, 4) is 0 Å². The van der Waals surface area contributed by atoms with E-state index in [0.717, 1.165) is 43.9 Å². The van der Waals surface area contributed by atoms with Crippen LogP contribution in [0.25, 0.3) is 0 Å². The van der Waals surface area contributed by atoms with E-state index in [-0.39, 0.29) is 6.10 Å². The van der Waals surface area contributed by atoms with Gasteiger partial charge >= 0.3 is 0 Å². The molecule has 7 heteroatoms. The molecule has 138 valence electrons. The van der Waals surface area contributed by atoms with Gasteiger partial charge in [0.2, 0.25) is 5.91 Å². The van der Waals surface area contributed by atoms with Gasteiger partial charge in [-0.3, -0.25) is 9.79 Å². The van der Waals surface area contributed by atoms with Crippen LogP contribution < -0.4 is 16.4 Å². The Bertz CT molecular complexity index is 554. The number of amides is 1. The zero-order chi connectivity index (χ0) is 17.9. The van der Waals surface area contributed by atoms with Crippen molar-refractivity contribution in [3.63, 3.8) is 0 Å². The van der Waals surface area contributed by atoms with Crippen molar-refractivity contribution < 1.29 is 14.3 Å². The summed E-state index contributed by atoms with van der Waals surface area (Å²) in [6.45, 7) is 3.66. The first-order chi connectivity index (χ1) is 12.2. The van der Waals surface area contributed by atoms with Crippen LogP contribution in [0.3, 0.4) is 0 Å². The molecule has 1 aromatic rings. The van der Waals surface area contributed by atoms with Gasteiger partial charge in [0.25, 0.3) is 0 Å². The van der Waals surface area contributed by atoms with E-state index in [1.165, 1.54) is 0 Å². The number of guanidine groups is 1. The molecule has 2 rings (SSSR count). The van der Waals surface area contributed by atoms with Crippen molar-refractivity contribution in [2.45, 2.75) is 31.9 Å². The Morgan fingerprint density at radius 3 is 2.80 bits per heavy atom. The quantitative estimate of drug-likeness (QED) is 0.352. The average molecular weight is 348 g/mol. The molecule has 0 aliphatic carbocycles. The fraction of sp³-hybridized carbons (Fsp3) is 0.556. The maximum Gasteiger partial charge on any atom is 0.248 e. The third-order valence-corrected chi connectivity index (χ3v) is 4.01.